The number of hydrogen-bond donors (Lipinski definition) is 2. The summed E-state index contributed by atoms with van der Waals surface area (Å²) in [5.41, 5.74) is 7.13. The third-order valence-corrected chi connectivity index (χ3v) is 4.39. The van der Waals surface area contributed by atoms with Crippen LogP contribution in [0.25, 0.3) is 0 Å². The minimum atomic E-state index is -0.253. The van der Waals surface area contributed by atoms with E-state index in [4.69, 9.17) is 5.73 Å². The molecule has 1 aromatic carbocycles. The second-order valence-corrected chi connectivity index (χ2v) is 6.16. The molecular weight excluding hydrogens is 301 g/mol. The fraction of sp³-hybridized carbons (Fsp3) is 0.375. The number of unbranched alkanes of at least 4 members (excludes halogenated alkanes) is 1. The van der Waals surface area contributed by atoms with E-state index < -0.39 is 0 Å². The lowest BCUT2D eigenvalue weighted by atomic mass is 10.1. The van der Waals surface area contributed by atoms with Gasteiger partial charge >= 0.3 is 0 Å². The summed E-state index contributed by atoms with van der Waals surface area (Å²) in [7, 11) is 0. The number of aromatic nitrogens is 1. The zero-order valence-electron chi connectivity index (χ0n) is 12.6. The van der Waals surface area contributed by atoms with Gasteiger partial charge in [-0.25, -0.2) is 9.37 Å². The smallest absolute Gasteiger partial charge is 0.263 e. The molecule has 0 unspecified atom stereocenters. The number of carbonyl (C=O) groups is 1. The first-order chi connectivity index (χ1) is 10.6. The molecule has 0 aliphatic heterocycles. The average Bonchev–Trinajstić information content (AvgIpc) is 2.86. The second-order valence-electron chi connectivity index (χ2n) is 5.08. The van der Waals surface area contributed by atoms with E-state index in [1.54, 1.807) is 12.1 Å². The molecule has 1 amide bonds. The van der Waals surface area contributed by atoms with E-state index >= 15 is 0 Å². The Kier molecular flexibility index (Phi) is 6.03. The van der Waals surface area contributed by atoms with E-state index in [0.29, 0.717) is 24.4 Å². The third-order valence-electron chi connectivity index (χ3n) is 3.23. The van der Waals surface area contributed by atoms with Gasteiger partial charge in [-0.15, -0.1) is 11.3 Å². The lowest BCUT2D eigenvalue weighted by Gasteiger charge is -2.02. The van der Waals surface area contributed by atoms with E-state index in [9.17, 15) is 9.18 Å². The zero-order chi connectivity index (χ0) is 15.9. The maximum absolute atomic E-state index is 12.9. The highest BCUT2D eigenvalue weighted by Gasteiger charge is 2.15. The van der Waals surface area contributed by atoms with Gasteiger partial charge in [-0.3, -0.25) is 4.79 Å². The number of aryl methyl sites for hydroxylation is 1. The van der Waals surface area contributed by atoms with Crippen LogP contribution >= 0.6 is 11.3 Å². The molecule has 6 heteroatoms. The molecule has 0 bridgehead atoms. The van der Waals surface area contributed by atoms with E-state index in [-0.39, 0.29) is 11.7 Å². The van der Waals surface area contributed by atoms with Crippen molar-refractivity contribution in [2.45, 2.75) is 26.2 Å². The number of rotatable bonds is 7. The third kappa shape index (κ3) is 4.61. The summed E-state index contributed by atoms with van der Waals surface area (Å²) >= 11 is 1.39. The van der Waals surface area contributed by atoms with Crippen molar-refractivity contribution in [3.63, 3.8) is 0 Å². The number of amides is 1. The number of nitrogens with two attached hydrogens (primary N) is 1. The van der Waals surface area contributed by atoms with Gasteiger partial charge in [-0.2, -0.15) is 0 Å². The Labute approximate surface area is 133 Å². The normalized spacial score (nSPS) is 10.7. The fourth-order valence-electron chi connectivity index (χ4n) is 2.07. The van der Waals surface area contributed by atoms with E-state index in [0.717, 1.165) is 29.1 Å². The molecular formula is C16H20FN3OS. The number of nitrogens with zero attached hydrogens (tertiary/aromatic N) is 1. The molecule has 0 saturated heterocycles. The van der Waals surface area contributed by atoms with Crippen molar-refractivity contribution in [3.8, 4) is 0 Å². The van der Waals surface area contributed by atoms with E-state index in [1.165, 1.54) is 23.5 Å². The first kappa shape index (κ1) is 16.6. The van der Waals surface area contributed by atoms with Gasteiger partial charge in [-0.1, -0.05) is 12.1 Å². The first-order valence-electron chi connectivity index (χ1n) is 7.29. The summed E-state index contributed by atoms with van der Waals surface area (Å²) in [5, 5.41) is 3.74. The highest BCUT2D eigenvalue weighted by molar-refractivity contribution is 7.13. The van der Waals surface area contributed by atoms with Crippen LogP contribution in [0, 0.1) is 12.7 Å². The first-order valence-corrected chi connectivity index (χ1v) is 8.11. The molecule has 0 saturated carbocycles. The summed E-state index contributed by atoms with van der Waals surface area (Å²) in [6, 6.07) is 6.33. The monoisotopic (exact) mass is 321 g/mol. The second kappa shape index (κ2) is 8.00. The van der Waals surface area contributed by atoms with Crippen molar-refractivity contribution in [1.29, 1.82) is 0 Å². The SMILES string of the molecule is Cc1nc(Cc2ccc(F)cc2)sc1C(=O)NCCCCN. The van der Waals surface area contributed by atoms with E-state index in [1.807, 2.05) is 6.92 Å². The number of carbonyl (C=O) groups excluding carboxylic acids is 1. The average molecular weight is 321 g/mol. The number of nitrogens with one attached hydrogen (secondary N) is 1. The van der Waals surface area contributed by atoms with Gasteiger partial charge < -0.3 is 11.1 Å². The van der Waals surface area contributed by atoms with Gasteiger partial charge in [-0.05, 0) is 44.0 Å². The Morgan fingerprint density at radius 3 is 2.73 bits per heavy atom. The highest BCUT2D eigenvalue weighted by atomic mass is 32.1. The maximum Gasteiger partial charge on any atom is 0.263 e. The van der Waals surface area contributed by atoms with Crippen LogP contribution in [-0.2, 0) is 6.42 Å². The predicted octanol–water partition coefficient (Wildman–Crippen LogP) is 2.65. The van der Waals surface area contributed by atoms with Crippen LogP contribution < -0.4 is 11.1 Å². The van der Waals surface area contributed by atoms with Crippen LogP contribution in [0.5, 0.6) is 0 Å². The van der Waals surface area contributed by atoms with Crippen LogP contribution in [0.1, 0.15) is 38.8 Å². The van der Waals surface area contributed by atoms with Crippen molar-refractivity contribution in [2.24, 2.45) is 5.73 Å². The van der Waals surface area contributed by atoms with Crippen molar-refractivity contribution >= 4 is 17.2 Å². The van der Waals surface area contributed by atoms with Gasteiger partial charge in [0, 0.05) is 13.0 Å². The highest BCUT2D eigenvalue weighted by Crippen LogP contribution is 2.21. The Bertz CT molecular complexity index is 625. The zero-order valence-corrected chi connectivity index (χ0v) is 13.4. The molecule has 4 nitrogen and oxygen atoms in total. The minimum absolute atomic E-state index is 0.0858. The fourth-order valence-corrected chi connectivity index (χ4v) is 3.08. The van der Waals surface area contributed by atoms with Crippen LogP contribution in [0.3, 0.4) is 0 Å². The Morgan fingerprint density at radius 2 is 2.05 bits per heavy atom. The summed E-state index contributed by atoms with van der Waals surface area (Å²) in [6.45, 7) is 3.09. The van der Waals surface area contributed by atoms with Crippen LogP contribution in [0.15, 0.2) is 24.3 Å². The Hall–Kier alpha value is -1.79. The summed E-state index contributed by atoms with van der Waals surface area (Å²) < 4.78 is 12.9. The van der Waals surface area contributed by atoms with Gasteiger partial charge in [0.15, 0.2) is 0 Å². The topological polar surface area (TPSA) is 68.0 Å². The molecule has 0 spiro atoms. The number of thiazole rings is 1. The lowest BCUT2D eigenvalue weighted by Crippen LogP contribution is -2.24. The van der Waals surface area contributed by atoms with Crippen LogP contribution in [0.2, 0.25) is 0 Å². The Morgan fingerprint density at radius 1 is 1.32 bits per heavy atom. The molecule has 22 heavy (non-hydrogen) atoms. The molecule has 0 aliphatic rings. The van der Waals surface area contributed by atoms with Crippen LogP contribution in [-0.4, -0.2) is 24.0 Å². The molecule has 3 N–H and O–H groups in total. The molecule has 0 atom stereocenters. The number of halogens is 1. The van der Waals surface area contributed by atoms with Crippen molar-refractivity contribution in [1.82, 2.24) is 10.3 Å². The molecule has 2 rings (SSSR count). The minimum Gasteiger partial charge on any atom is -0.351 e. The largest absolute Gasteiger partial charge is 0.351 e. The maximum atomic E-state index is 12.9. The van der Waals surface area contributed by atoms with Crippen LogP contribution in [0.4, 0.5) is 4.39 Å². The van der Waals surface area contributed by atoms with Gasteiger partial charge in [0.1, 0.15) is 10.7 Å². The molecule has 0 aliphatic carbocycles. The molecule has 118 valence electrons. The Balaban J connectivity index is 1.98. The van der Waals surface area contributed by atoms with Gasteiger partial charge in [0.25, 0.3) is 5.91 Å². The van der Waals surface area contributed by atoms with E-state index in [2.05, 4.69) is 10.3 Å². The van der Waals surface area contributed by atoms with Crippen molar-refractivity contribution < 1.29 is 9.18 Å². The van der Waals surface area contributed by atoms with Gasteiger partial charge in [0.2, 0.25) is 0 Å². The predicted molar refractivity (Wildman–Crippen MR) is 86.7 cm³/mol. The lowest BCUT2D eigenvalue weighted by molar-refractivity contribution is 0.0956. The molecule has 0 radical (unpaired) electrons. The van der Waals surface area contributed by atoms with Gasteiger partial charge in [0.05, 0.1) is 10.7 Å². The summed E-state index contributed by atoms with van der Waals surface area (Å²) in [6.07, 6.45) is 2.38. The number of benzene rings is 1. The molecule has 1 aromatic heterocycles. The summed E-state index contributed by atoms with van der Waals surface area (Å²) in [5.74, 6) is -0.339. The number of hydrogen-bond acceptors (Lipinski definition) is 4. The molecule has 2 aromatic rings. The van der Waals surface area contributed by atoms with Crippen molar-refractivity contribution in [2.75, 3.05) is 13.1 Å². The quantitative estimate of drug-likeness (QED) is 0.770. The van der Waals surface area contributed by atoms with Crippen molar-refractivity contribution in [3.05, 3.63) is 51.2 Å². The summed E-state index contributed by atoms with van der Waals surface area (Å²) in [4.78, 5) is 17.2. The molecule has 0 fully saturated rings. The molecule has 1 heterocycles. The standard InChI is InChI=1S/C16H20FN3OS/c1-11-15(16(21)19-9-3-2-8-18)22-14(20-11)10-12-4-6-13(17)7-5-12/h4-7H,2-3,8-10,18H2,1H3,(H,19,21).